The van der Waals surface area contributed by atoms with E-state index in [2.05, 4.69) is 19.9 Å². The van der Waals surface area contributed by atoms with Crippen LogP contribution < -0.4 is 0 Å². The summed E-state index contributed by atoms with van der Waals surface area (Å²) in [4.78, 5) is 14.7. The normalized spacial score (nSPS) is 33.0. The summed E-state index contributed by atoms with van der Waals surface area (Å²) in [5.41, 5.74) is 0.804. The summed E-state index contributed by atoms with van der Waals surface area (Å²) in [6.45, 7) is 0. The molecule has 1 aliphatic rings. The van der Waals surface area contributed by atoms with Crippen LogP contribution in [0.2, 0.25) is 0 Å². The minimum absolute atomic E-state index is 0.143. The predicted octanol–water partition coefficient (Wildman–Crippen LogP) is -2.09. The molecule has 1 unspecified atom stereocenters. The van der Waals surface area contributed by atoms with Gasteiger partial charge in [-0.3, -0.25) is 4.21 Å². The second-order valence-corrected chi connectivity index (χ2v) is 6.45. The molecule has 2 aromatic heterocycles. The van der Waals surface area contributed by atoms with Gasteiger partial charge in [0.2, 0.25) is 0 Å². The number of nitrogens with zero attached hydrogens (tertiary/aromatic N) is 3. The molecule has 3 heterocycles. The highest BCUT2D eigenvalue weighted by atomic mass is 32.2. The zero-order chi connectivity index (χ0) is 16.6. The molecular formula is C12H16N4O6S. The fourth-order valence-electron chi connectivity index (χ4n) is 2.39. The van der Waals surface area contributed by atoms with Crippen LogP contribution in [0.15, 0.2) is 17.7 Å². The Morgan fingerprint density at radius 2 is 2.04 bits per heavy atom. The topological polar surface area (TPSA) is 151 Å². The van der Waals surface area contributed by atoms with E-state index >= 15 is 0 Å². The van der Waals surface area contributed by atoms with Gasteiger partial charge in [-0.1, -0.05) is 0 Å². The molecule has 4 N–H and O–H groups in total. The van der Waals surface area contributed by atoms with Crippen LogP contribution in [-0.2, 0) is 20.3 Å². The fraction of sp³-hybridized carbons (Fsp3) is 0.583. The van der Waals surface area contributed by atoms with Gasteiger partial charge in [-0.05, 0) is 0 Å². The lowest BCUT2D eigenvalue weighted by atomic mass is 10.00. The average molecular weight is 344 g/mol. The summed E-state index contributed by atoms with van der Waals surface area (Å²) < 4.78 is 22.8. The molecule has 1 saturated heterocycles. The minimum Gasteiger partial charge on any atom is -0.388 e. The molecule has 0 bridgehead atoms. The van der Waals surface area contributed by atoms with Crippen LogP contribution >= 0.6 is 0 Å². The maximum atomic E-state index is 12.6. The Bertz CT molecular complexity index is 710. The number of ether oxygens (including phenoxy) is 2. The van der Waals surface area contributed by atoms with Gasteiger partial charge in [0.1, 0.15) is 36.3 Å². The maximum Gasteiger partial charge on any atom is 0.186 e. The SMILES string of the molecule is CO[C@H]1O[C@H](CS(=O)c2ncnc3nc[nH]c23)[C@@H](O)[C@H](O)[C@H]1O. The van der Waals surface area contributed by atoms with Crippen molar-refractivity contribution in [2.24, 2.45) is 0 Å². The fourth-order valence-corrected chi connectivity index (χ4v) is 3.67. The summed E-state index contributed by atoms with van der Waals surface area (Å²) >= 11 is 0. The molecule has 0 spiro atoms. The van der Waals surface area contributed by atoms with Crippen molar-refractivity contribution < 1.29 is 29.0 Å². The van der Waals surface area contributed by atoms with Crippen LogP contribution in [-0.4, -0.2) is 83.0 Å². The van der Waals surface area contributed by atoms with Gasteiger partial charge in [-0.25, -0.2) is 15.0 Å². The summed E-state index contributed by atoms with van der Waals surface area (Å²) in [5.74, 6) is -0.143. The van der Waals surface area contributed by atoms with Gasteiger partial charge in [0.15, 0.2) is 17.0 Å². The first kappa shape index (κ1) is 16.4. The third-order valence-corrected chi connectivity index (χ3v) is 4.99. The number of hydrogen-bond acceptors (Lipinski definition) is 9. The zero-order valence-electron chi connectivity index (χ0n) is 12.1. The Balaban J connectivity index is 1.80. The van der Waals surface area contributed by atoms with E-state index in [0.717, 1.165) is 0 Å². The maximum absolute atomic E-state index is 12.6. The largest absolute Gasteiger partial charge is 0.388 e. The molecule has 6 atom stereocenters. The Kier molecular flexibility index (Phi) is 4.66. The lowest BCUT2D eigenvalue weighted by Gasteiger charge is -2.39. The van der Waals surface area contributed by atoms with E-state index in [4.69, 9.17) is 9.47 Å². The molecule has 1 fully saturated rings. The standard InChI is InChI=1S/C12H16N4O6S/c1-21-12-9(19)8(18)7(17)5(22-12)2-23(20)11-6-10(14-3-13-6)15-4-16-11/h3-5,7-9,12,17-19H,2H2,1H3,(H,13,14,15,16)/t5-,7-,8+,9-,12+,23?/m1/s1. The van der Waals surface area contributed by atoms with Crippen molar-refractivity contribution >= 4 is 22.0 Å². The van der Waals surface area contributed by atoms with Crippen LogP contribution in [0.25, 0.3) is 11.2 Å². The van der Waals surface area contributed by atoms with Gasteiger partial charge in [0.05, 0.1) is 22.9 Å². The number of methoxy groups -OCH3 is 1. The van der Waals surface area contributed by atoms with Crippen LogP contribution in [0.4, 0.5) is 0 Å². The number of hydrogen-bond donors (Lipinski definition) is 4. The van der Waals surface area contributed by atoms with Crippen LogP contribution in [0.3, 0.4) is 0 Å². The van der Waals surface area contributed by atoms with Gasteiger partial charge in [-0.2, -0.15) is 0 Å². The van der Waals surface area contributed by atoms with Crippen molar-refractivity contribution in [1.29, 1.82) is 0 Å². The first-order valence-corrected chi connectivity index (χ1v) is 8.09. The zero-order valence-corrected chi connectivity index (χ0v) is 12.9. The third-order valence-electron chi connectivity index (χ3n) is 3.62. The molecule has 0 aliphatic carbocycles. The number of imidazole rings is 1. The molecule has 11 heteroatoms. The van der Waals surface area contributed by atoms with Crippen LogP contribution in [0, 0.1) is 0 Å². The van der Waals surface area contributed by atoms with E-state index in [9.17, 15) is 19.5 Å². The molecule has 2 aromatic rings. The molecule has 23 heavy (non-hydrogen) atoms. The Hall–Kier alpha value is -1.50. The Morgan fingerprint density at radius 3 is 2.78 bits per heavy atom. The van der Waals surface area contributed by atoms with Crippen LogP contribution in [0.1, 0.15) is 0 Å². The van der Waals surface area contributed by atoms with E-state index < -0.39 is 41.5 Å². The van der Waals surface area contributed by atoms with Crippen molar-refractivity contribution in [1.82, 2.24) is 19.9 Å². The highest BCUT2D eigenvalue weighted by molar-refractivity contribution is 7.85. The predicted molar refractivity (Wildman–Crippen MR) is 76.6 cm³/mol. The third kappa shape index (κ3) is 2.98. The smallest absolute Gasteiger partial charge is 0.186 e. The molecule has 1 aliphatic heterocycles. The van der Waals surface area contributed by atoms with E-state index in [1.807, 2.05) is 0 Å². The molecule has 126 valence electrons. The van der Waals surface area contributed by atoms with Crippen LogP contribution in [0.5, 0.6) is 0 Å². The number of aromatic amines is 1. The summed E-state index contributed by atoms with van der Waals surface area (Å²) in [6, 6.07) is 0. The molecule has 10 nitrogen and oxygen atoms in total. The quantitative estimate of drug-likeness (QED) is 0.458. The summed E-state index contributed by atoms with van der Waals surface area (Å²) in [7, 11) is -0.357. The monoisotopic (exact) mass is 344 g/mol. The molecular weight excluding hydrogens is 328 g/mol. The van der Waals surface area contributed by atoms with Crippen molar-refractivity contribution in [3.05, 3.63) is 12.7 Å². The second-order valence-electron chi connectivity index (χ2n) is 5.04. The number of aliphatic hydroxyl groups is 3. The Labute approximate surface area is 133 Å². The summed E-state index contributed by atoms with van der Waals surface area (Å²) in [6.07, 6.45) is -3.72. The summed E-state index contributed by atoms with van der Waals surface area (Å²) in [5, 5.41) is 29.8. The van der Waals surface area contributed by atoms with Gasteiger partial charge in [0.25, 0.3) is 0 Å². The van der Waals surface area contributed by atoms with Gasteiger partial charge < -0.3 is 29.8 Å². The van der Waals surface area contributed by atoms with E-state index in [-0.39, 0.29) is 10.8 Å². The minimum atomic E-state index is -1.65. The first-order chi connectivity index (χ1) is 11.0. The number of fused-ring (bicyclic) bond motifs is 1. The van der Waals surface area contributed by atoms with Crippen molar-refractivity contribution in [2.75, 3.05) is 12.9 Å². The lowest BCUT2D eigenvalue weighted by molar-refractivity contribution is -0.285. The van der Waals surface area contributed by atoms with Crippen molar-refractivity contribution in [3.8, 4) is 0 Å². The first-order valence-electron chi connectivity index (χ1n) is 6.78. The number of aliphatic hydroxyl groups excluding tert-OH is 3. The number of rotatable bonds is 4. The van der Waals surface area contributed by atoms with E-state index in [1.54, 1.807) is 0 Å². The number of H-pyrrole nitrogens is 1. The number of nitrogens with one attached hydrogen (secondary N) is 1. The lowest BCUT2D eigenvalue weighted by Crippen LogP contribution is -2.59. The molecule has 0 amide bonds. The Morgan fingerprint density at radius 1 is 1.26 bits per heavy atom. The highest BCUT2D eigenvalue weighted by Crippen LogP contribution is 2.24. The van der Waals surface area contributed by atoms with Crippen molar-refractivity contribution in [2.45, 2.75) is 35.7 Å². The second kappa shape index (κ2) is 6.55. The van der Waals surface area contributed by atoms with Crippen molar-refractivity contribution in [3.63, 3.8) is 0 Å². The highest BCUT2D eigenvalue weighted by Gasteiger charge is 2.44. The molecule has 0 radical (unpaired) electrons. The average Bonchev–Trinajstić information content (AvgIpc) is 3.03. The molecule has 3 rings (SSSR count). The van der Waals surface area contributed by atoms with E-state index in [0.29, 0.717) is 11.2 Å². The van der Waals surface area contributed by atoms with E-state index in [1.165, 1.54) is 19.8 Å². The number of aromatic nitrogens is 4. The molecule has 0 saturated carbocycles. The van der Waals surface area contributed by atoms with Gasteiger partial charge in [0, 0.05) is 7.11 Å². The van der Waals surface area contributed by atoms with Gasteiger partial charge in [-0.15, -0.1) is 0 Å². The molecule has 0 aromatic carbocycles. The van der Waals surface area contributed by atoms with Gasteiger partial charge >= 0.3 is 0 Å².